The normalized spacial score (nSPS) is 10.9. The highest BCUT2D eigenvalue weighted by molar-refractivity contribution is 7.90. The van der Waals surface area contributed by atoms with Crippen LogP contribution in [0, 0.1) is 0 Å². The molecule has 0 bridgehead atoms. The van der Waals surface area contributed by atoms with E-state index in [1.807, 2.05) is 23.8 Å². The molecule has 11 nitrogen and oxygen atoms in total. The molecule has 3 N–H and O–H groups in total. The molecular formula is C26H27ClN4O7S. The summed E-state index contributed by atoms with van der Waals surface area (Å²) in [7, 11) is -4.23. The van der Waals surface area contributed by atoms with E-state index in [0.717, 1.165) is 11.8 Å². The van der Waals surface area contributed by atoms with Crippen LogP contribution in [0.25, 0.3) is 0 Å². The Morgan fingerprint density at radius 1 is 0.872 bits per heavy atom. The first kappa shape index (κ1) is 29.6. The molecule has 13 heteroatoms. The monoisotopic (exact) mass is 574 g/mol. The molecule has 3 amide bonds. The maximum atomic E-state index is 12.7. The van der Waals surface area contributed by atoms with E-state index in [0.29, 0.717) is 31.2 Å². The van der Waals surface area contributed by atoms with E-state index in [2.05, 4.69) is 15.6 Å². The van der Waals surface area contributed by atoms with Gasteiger partial charge in [-0.3, -0.25) is 9.59 Å². The predicted octanol–water partition coefficient (Wildman–Crippen LogP) is 2.95. The summed E-state index contributed by atoms with van der Waals surface area (Å²) in [5.41, 5.74) is 1.20. The number of rotatable bonds is 12. The molecule has 3 aromatic rings. The van der Waals surface area contributed by atoms with Crippen molar-refractivity contribution in [3.63, 3.8) is 0 Å². The molecule has 0 saturated heterocycles. The standard InChI is InChI=1S/C26H27ClN4O7S/c1-2-37-16-15-29-26(34)38-23-12-7-20(17-30-23)25(33)31-39(35,36)22-10-5-19(6-11-22)24(32)28-14-13-18-3-8-21(27)9-4-18/h3-12,17H,2,13-16H2,1H3,(H,28,32)(H,29,34)(H,31,33). The number of hydrogen-bond donors (Lipinski definition) is 3. The van der Waals surface area contributed by atoms with Gasteiger partial charge in [0.15, 0.2) is 0 Å². The van der Waals surface area contributed by atoms with E-state index in [1.54, 1.807) is 12.1 Å². The fourth-order valence-corrected chi connectivity index (χ4v) is 4.27. The van der Waals surface area contributed by atoms with Crippen molar-refractivity contribution in [3.05, 3.63) is 88.6 Å². The van der Waals surface area contributed by atoms with Gasteiger partial charge in [-0.2, -0.15) is 0 Å². The number of benzene rings is 2. The highest BCUT2D eigenvalue weighted by atomic mass is 35.5. The van der Waals surface area contributed by atoms with Gasteiger partial charge in [-0.15, -0.1) is 0 Å². The number of pyridine rings is 1. The molecule has 0 saturated carbocycles. The van der Waals surface area contributed by atoms with Crippen LogP contribution in [0.1, 0.15) is 33.2 Å². The van der Waals surface area contributed by atoms with Gasteiger partial charge < -0.3 is 20.1 Å². The van der Waals surface area contributed by atoms with Crippen LogP contribution in [0.15, 0.2) is 71.8 Å². The summed E-state index contributed by atoms with van der Waals surface area (Å²) in [5, 5.41) is 5.86. The molecule has 0 atom stereocenters. The van der Waals surface area contributed by atoms with Gasteiger partial charge in [-0.1, -0.05) is 23.7 Å². The minimum Gasteiger partial charge on any atom is -0.391 e. The van der Waals surface area contributed by atoms with Crippen molar-refractivity contribution >= 4 is 39.5 Å². The summed E-state index contributed by atoms with van der Waals surface area (Å²) in [6.07, 6.45) is 0.927. The number of ether oxygens (including phenoxy) is 2. The lowest BCUT2D eigenvalue weighted by Gasteiger charge is -2.09. The van der Waals surface area contributed by atoms with Crippen LogP contribution in [-0.2, 0) is 21.2 Å². The third-order valence-electron chi connectivity index (χ3n) is 5.18. The van der Waals surface area contributed by atoms with Crippen molar-refractivity contribution in [2.45, 2.75) is 18.2 Å². The molecule has 0 fully saturated rings. The van der Waals surface area contributed by atoms with E-state index in [-0.39, 0.29) is 34.4 Å². The second kappa shape index (κ2) is 14.2. The van der Waals surface area contributed by atoms with E-state index >= 15 is 0 Å². The minimum atomic E-state index is -4.23. The third kappa shape index (κ3) is 9.36. The van der Waals surface area contributed by atoms with Gasteiger partial charge in [0.05, 0.1) is 17.1 Å². The zero-order valence-corrected chi connectivity index (χ0v) is 22.5. The SMILES string of the molecule is CCOCCNC(=O)Oc1ccc(C(=O)NS(=O)(=O)c2ccc(C(=O)NCCc3ccc(Cl)cc3)cc2)cn1. The van der Waals surface area contributed by atoms with E-state index < -0.39 is 22.0 Å². The van der Waals surface area contributed by atoms with Crippen LogP contribution in [0.2, 0.25) is 5.02 Å². The Labute approximate surface area is 230 Å². The van der Waals surface area contributed by atoms with Crippen molar-refractivity contribution in [3.8, 4) is 5.88 Å². The molecule has 0 radical (unpaired) electrons. The first-order valence-corrected chi connectivity index (χ1v) is 13.7. The average molecular weight is 575 g/mol. The molecule has 0 spiro atoms. The molecule has 206 valence electrons. The van der Waals surface area contributed by atoms with Crippen LogP contribution in [-0.4, -0.2) is 57.6 Å². The predicted molar refractivity (Wildman–Crippen MR) is 143 cm³/mol. The van der Waals surface area contributed by atoms with E-state index in [9.17, 15) is 22.8 Å². The summed E-state index contributed by atoms with van der Waals surface area (Å²) < 4.78 is 37.3. The van der Waals surface area contributed by atoms with Gasteiger partial charge >= 0.3 is 6.09 Å². The molecule has 2 aromatic carbocycles. The van der Waals surface area contributed by atoms with Crippen LogP contribution >= 0.6 is 11.6 Å². The zero-order valence-electron chi connectivity index (χ0n) is 21.0. The van der Waals surface area contributed by atoms with Gasteiger partial charge in [-0.25, -0.2) is 22.9 Å². The Hall–Kier alpha value is -4.00. The second-order valence-electron chi connectivity index (χ2n) is 7.99. The maximum Gasteiger partial charge on any atom is 0.414 e. The number of nitrogens with zero attached hydrogens (tertiary/aromatic N) is 1. The summed E-state index contributed by atoms with van der Waals surface area (Å²) in [4.78, 5) is 40.2. The van der Waals surface area contributed by atoms with Gasteiger partial charge in [0.1, 0.15) is 0 Å². The molecule has 3 rings (SSSR count). The number of nitrogens with one attached hydrogen (secondary N) is 3. The van der Waals surface area contributed by atoms with Crippen molar-refractivity contribution < 1.29 is 32.3 Å². The van der Waals surface area contributed by atoms with Crippen molar-refractivity contribution in [2.75, 3.05) is 26.3 Å². The lowest BCUT2D eigenvalue weighted by molar-refractivity contribution is 0.0951. The van der Waals surface area contributed by atoms with Crippen LogP contribution in [0.3, 0.4) is 0 Å². The van der Waals surface area contributed by atoms with Crippen molar-refractivity contribution in [1.29, 1.82) is 0 Å². The summed E-state index contributed by atoms with van der Waals surface area (Å²) in [6, 6.07) is 14.9. The molecule has 1 aromatic heterocycles. The van der Waals surface area contributed by atoms with Gasteiger partial charge in [0.25, 0.3) is 21.8 Å². The van der Waals surface area contributed by atoms with E-state index in [1.165, 1.54) is 36.4 Å². The number of aromatic nitrogens is 1. The minimum absolute atomic E-state index is 0.0700. The quantitative estimate of drug-likeness (QED) is 0.279. The first-order valence-electron chi connectivity index (χ1n) is 11.9. The van der Waals surface area contributed by atoms with Gasteiger partial charge in [0, 0.05) is 42.5 Å². The Kier molecular flexibility index (Phi) is 10.8. The number of amides is 3. The highest BCUT2D eigenvalue weighted by Crippen LogP contribution is 2.13. The second-order valence-corrected chi connectivity index (χ2v) is 10.1. The highest BCUT2D eigenvalue weighted by Gasteiger charge is 2.20. The molecule has 0 aliphatic carbocycles. The molecule has 0 aliphatic heterocycles. The molecule has 0 unspecified atom stereocenters. The maximum absolute atomic E-state index is 12.7. The van der Waals surface area contributed by atoms with Gasteiger partial charge in [0.2, 0.25) is 5.88 Å². The lowest BCUT2D eigenvalue weighted by Crippen LogP contribution is -2.31. The first-order chi connectivity index (χ1) is 18.7. The fraction of sp³-hybridized carbons (Fsp3) is 0.231. The summed E-state index contributed by atoms with van der Waals surface area (Å²) in [6.45, 7) is 3.31. The number of carbonyl (C=O) groups excluding carboxylic acids is 3. The van der Waals surface area contributed by atoms with E-state index in [4.69, 9.17) is 21.1 Å². The number of halogens is 1. The number of hydrogen-bond acceptors (Lipinski definition) is 8. The topological polar surface area (TPSA) is 153 Å². The third-order valence-corrected chi connectivity index (χ3v) is 6.78. The average Bonchev–Trinajstić information content (AvgIpc) is 2.92. The lowest BCUT2D eigenvalue weighted by atomic mass is 10.1. The Morgan fingerprint density at radius 2 is 1.56 bits per heavy atom. The number of sulfonamides is 1. The molecule has 39 heavy (non-hydrogen) atoms. The smallest absolute Gasteiger partial charge is 0.391 e. The van der Waals surface area contributed by atoms with Crippen LogP contribution in [0.4, 0.5) is 4.79 Å². The van der Waals surface area contributed by atoms with Crippen LogP contribution in [0.5, 0.6) is 5.88 Å². The van der Waals surface area contributed by atoms with Crippen molar-refractivity contribution in [1.82, 2.24) is 20.3 Å². The summed E-state index contributed by atoms with van der Waals surface area (Å²) in [5.74, 6) is -1.38. The Morgan fingerprint density at radius 3 is 2.21 bits per heavy atom. The summed E-state index contributed by atoms with van der Waals surface area (Å²) >= 11 is 5.86. The zero-order chi connectivity index (χ0) is 28.3. The molecular weight excluding hydrogens is 548 g/mol. The molecule has 0 aliphatic rings. The van der Waals surface area contributed by atoms with Crippen LogP contribution < -0.4 is 20.1 Å². The Bertz CT molecular complexity index is 1380. The Balaban J connectivity index is 1.51. The fourth-order valence-electron chi connectivity index (χ4n) is 3.17. The largest absolute Gasteiger partial charge is 0.414 e. The number of carbonyl (C=O) groups is 3. The van der Waals surface area contributed by atoms with Gasteiger partial charge in [-0.05, 0) is 61.4 Å². The van der Waals surface area contributed by atoms with Crippen molar-refractivity contribution in [2.24, 2.45) is 0 Å². The molecule has 1 heterocycles.